The molecule has 3 aliphatic carbocycles. The molecule has 0 aromatic heterocycles. The van der Waals surface area contributed by atoms with Crippen molar-refractivity contribution in [2.45, 2.75) is 24.5 Å². The second-order valence-corrected chi connectivity index (χ2v) is 17.2. The minimum absolute atomic E-state index is 0.0168. The molecule has 3 aliphatic rings. The van der Waals surface area contributed by atoms with Gasteiger partial charge in [-0.2, -0.15) is 0 Å². The van der Waals surface area contributed by atoms with Gasteiger partial charge in [0.15, 0.2) is 0 Å². The minimum Gasteiger partial charge on any atom is -0.310 e. The first-order chi connectivity index (χ1) is 49.6. The molecule has 0 heterocycles. The number of hydrogen-bond acceptors (Lipinski definition) is 1. The van der Waals surface area contributed by atoms with Crippen LogP contribution in [0.3, 0.4) is 0 Å². The van der Waals surface area contributed by atoms with Gasteiger partial charge in [0.05, 0.1) is 50.9 Å². The van der Waals surface area contributed by atoms with Crippen molar-refractivity contribution in [1.82, 2.24) is 0 Å². The fourth-order valence-electron chi connectivity index (χ4n) is 10.8. The van der Waals surface area contributed by atoms with Gasteiger partial charge in [-0.25, -0.2) is 0 Å². The van der Waals surface area contributed by atoms with E-state index in [1.165, 1.54) is 48.5 Å². The molecule has 1 heteroatoms. The Morgan fingerprint density at radius 2 is 1.01 bits per heavy atom. The highest BCUT2D eigenvalue weighted by Gasteiger charge is 2.51. The van der Waals surface area contributed by atoms with Crippen molar-refractivity contribution in [3.8, 4) is 55.6 Å². The quantitative estimate of drug-likeness (QED) is 0.155. The third kappa shape index (κ3) is 5.46. The van der Waals surface area contributed by atoms with Crippen LogP contribution in [-0.4, -0.2) is 0 Å². The van der Waals surface area contributed by atoms with Crippen molar-refractivity contribution < 1.29 is 48.0 Å². The molecule has 1 unspecified atom stereocenters. The van der Waals surface area contributed by atoms with Crippen LogP contribution in [0.25, 0.3) is 88.0 Å². The Morgan fingerprint density at radius 1 is 0.352 bits per heavy atom. The van der Waals surface area contributed by atoms with Crippen molar-refractivity contribution >= 4 is 49.4 Å². The minimum atomic E-state index is -3.74. The third-order valence-corrected chi connectivity index (χ3v) is 13.7. The van der Waals surface area contributed by atoms with Crippen molar-refractivity contribution in [2.24, 2.45) is 0 Å². The lowest BCUT2D eigenvalue weighted by atomic mass is 9.70. The molecule has 0 bridgehead atoms. The Balaban J connectivity index is 1.14. The zero-order chi connectivity index (χ0) is 77.2. The molecule has 0 aliphatic heterocycles. The van der Waals surface area contributed by atoms with Crippen molar-refractivity contribution in [3.05, 3.63) is 281 Å². The number of benzene rings is 12. The Morgan fingerprint density at radius 3 is 1.86 bits per heavy atom. The molecule has 0 saturated heterocycles. The van der Waals surface area contributed by atoms with E-state index in [1.807, 2.05) is 0 Å². The summed E-state index contributed by atoms with van der Waals surface area (Å²) in [6.45, 7) is -7.48. The summed E-state index contributed by atoms with van der Waals surface area (Å²) in [5.41, 5.74) is -15.9. The van der Waals surface area contributed by atoms with Crippen molar-refractivity contribution in [3.63, 3.8) is 0 Å². The zero-order valence-electron chi connectivity index (χ0n) is 71.4. The summed E-state index contributed by atoms with van der Waals surface area (Å²) in [6.07, 6.45) is 0. The molecule has 0 saturated carbocycles. The molecule has 12 aromatic rings. The van der Waals surface area contributed by atoms with Crippen LogP contribution in [0.1, 0.15) is 95.1 Å². The van der Waals surface area contributed by atoms with Gasteiger partial charge in [-0.1, -0.05) is 231 Å². The van der Waals surface area contributed by atoms with Crippen LogP contribution >= 0.6 is 0 Å². The molecule has 0 N–H and O–H groups in total. The fourth-order valence-corrected chi connectivity index (χ4v) is 10.8. The normalized spacial score (nSPS) is 22.7. The Labute approximate surface area is 463 Å². The summed E-state index contributed by atoms with van der Waals surface area (Å²) in [4.78, 5) is 0.876. The van der Waals surface area contributed by atoms with Crippen LogP contribution in [0, 0.1) is 0 Å². The molecule has 71 heavy (non-hydrogen) atoms. The topological polar surface area (TPSA) is 3.24 Å². The first-order valence-corrected chi connectivity index (χ1v) is 22.1. The average Bonchev–Trinajstić information content (AvgIpc) is 1.49. The molecular formula is C70H47N. The van der Waals surface area contributed by atoms with E-state index in [2.05, 4.69) is 0 Å². The summed E-state index contributed by atoms with van der Waals surface area (Å²) in [6, 6.07) is -10.6. The van der Waals surface area contributed by atoms with E-state index >= 15 is 0 Å². The summed E-state index contributed by atoms with van der Waals surface area (Å²) >= 11 is 0. The maximum absolute atomic E-state index is 11.0. The van der Waals surface area contributed by atoms with E-state index < -0.39 is 283 Å². The maximum atomic E-state index is 11.0. The van der Waals surface area contributed by atoms with Gasteiger partial charge in [-0.05, 0) is 146 Å². The van der Waals surface area contributed by atoms with Crippen LogP contribution in [-0.2, 0) is 10.8 Å². The highest BCUT2D eigenvalue weighted by molar-refractivity contribution is 6.15. The SMILES string of the molecule is [2H]c1cc2c(c([2H])c1[2H])C1(c3c-2ccc([2H])c3[2H])c2c(ccc(N(c3c([2H])c([2H])c(-c4c([2H])c([2H])c5c([2H])c([2H])c([2H])c([2H])c5c4-c4cccc5c4-c4c([2H])c([2H])c([2H])c([2H])c4C5(C([2H])([2H])[2H])C([2H])([2H])[2H])c([2H])c3[2H])c3c([2H])c4c([2H])c([2H])c([2H])c([2H])c4c4ccccc34)c2[2H])-c2c([2H])c([2H])c([2H])c([2H])c21. The monoisotopic (exact) mass is 937 g/mol. The summed E-state index contributed by atoms with van der Waals surface area (Å²) in [7, 11) is 0. The summed E-state index contributed by atoms with van der Waals surface area (Å²) in [5, 5.41) is -2.35. The van der Waals surface area contributed by atoms with E-state index in [0.717, 1.165) is 29.2 Å². The lowest BCUT2D eigenvalue weighted by Gasteiger charge is -2.32. The average molecular weight is 937 g/mol. The second kappa shape index (κ2) is 14.9. The number of nitrogens with zero attached hydrogens (tertiary/aromatic N) is 1. The molecule has 1 nitrogen and oxygen atoms in total. The second-order valence-electron chi connectivity index (χ2n) is 17.2. The largest absolute Gasteiger partial charge is 0.310 e. The summed E-state index contributed by atoms with van der Waals surface area (Å²) in [5.74, 6) is 0. The molecule has 1 spiro atoms. The van der Waals surface area contributed by atoms with E-state index in [0.29, 0.717) is 0 Å². The Hall–Kier alpha value is -8.78. The predicted molar refractivity (Wildman–Crippen MR) is 298 cm³/mol. The predicted octanol–water partition coefficient (Wildman–Crippen LogP) is 18.6. The standard InChI is InChI=1S/C70H47N/c1-69(2)60-29-13-12-27-58(60)68-59(28-17-33-64(68)69)67-50-21-6-3-18-44(50)36-40-51(67)45-34-37-47(38-35-45)71(66-42-46-19-4-5-20-49(46)52-22-7-8-26-57(52)66)48-39-41-56-55-25-11-16-32-63(55)70(65(56)43-48)61-30-14-9-23-53(61)54-24-10-15-31-62(54)70/h3-43H,1-2H3/i1D3,2D3,3D,4D,5D,6D,9D,11D,12D,13D,14D,15D,16D,18D,19D,20D,21D,25D,27D,29D,30D,31D,32D,34D,35D,36D,37D,38D,40D,42D,43D. The fraction of sp³-hybridized carbons (Fsp3) is 0.0571. The van der Waals surface area contributed by atoms with Gasteiger partial charge in [0.25, 0.3) is 0 Å². The Bertz CT molecular complexity index is 6150. The van der Waals surface area contributed by atoms with E-state index in [1.54, 1.807) is 0 Å². The third-order valence-electron chi connectivity index (χ3n) is 13.7. The van der Waals surface area contributed by atoms with Crippen LogP contribution < -0.4 is 4.90 Å². The van der Waals surface area contributed by atoms with E-state index in [9.17, 15) is 26.0 Å². The van der Waals surface area contributed by atoms with Gasteiger partial charge >= 0.3 is 0 Å². The van der Waals surface area contributed by atoms with Crippen molar-refractivity contribution in [2.75, 3.05) is 4.90 Å². The number of anilines is 3. The van der Waals surface area contributed by atoms with Gasteiger partial charge in [0.2, 0.25) is 0 Å². The van der Waals surface area contributed by atoms with E-state index in [-0.39, 0.29) is 55.1 Å². The van der Waals surface area contributed by atoms with Crippen LogP contribution in [0.4, 0.5) is 17.1 Å². The molecule has 0 fully saturated rings. The molecule has 12 aromatic carbocycles. The number of fused-ring (bicyclic) bond motifs is 17. The van der Waals surface area contributed by atoms with Gasteiger partial charge < -0.3 is 4.90 Å². The zero-order valence-corrected chi connectivity index (χ0v) is 36.4. The Kier molecular flexibility index (Phi) is 3.95. The lowest BCUT2D eigenvalue weighted by molar-refractivity contribution is 0.660. The highest BCUT2D eigenvalue weighted by atomic mass is 15.1. The molecule has 1 atom stereocenters. The smallest absolute Gasteiger partial charge is 0.0726 e. The van der Waals surface area contributed by atoms with Gasteiger partial charge in [-0.15, -0.1) is 0 Å². The van der Waals surface area contributed by atoms with Gasteiger partial charge in [0.1, 0.15) is 0 Å². The number of hydrogen-bond donors (Lipinski definition) is 0. The first-order valence-electron chi connectivity index (χ1n) is 39.6. The maximum Gasteiger partial charge on any atom is 0.0726 e. The first kappa shape index (κ1) is 18.9. The van der Waals surface area contributed by atoms with Crippen LogP contribution in [0.2, 0.25) is 0 Å². The summed E-state index contributed by atoms with van der Waals surface area (Å²) < 4.78 is 331. The lowest BCUT2D eigenvalue weighted by Crippen LogP contribution is -2.26. The number of rotatable bonds is 5. The molecular weight excluding hydrogens is 855 g/mol. The van der Waals surface area contributed by atoms with E-state index in [4.69, 9.17) is 21.9 Å². The van der Waals surface area contributed by atoms with Gasteiger partial charge in [-0.3, -0.25) is 0 Å². The van der Waals surface area contributed by atoms with Crippen LogP contribution in [0.15, 0.2) is 248 Å². The molecule has 0 radical (unpaired) electrons. The molecule has 0 amide bonds. The molecule has 332 valence electrons. The van der Waals surface area contributed by atoms with Crippen LogP contribution in [0.5, 0.6) is 0 Å². The van der Waals surface area contributed by atoms with Crippen molar-refractivity contribution in [1.29, 1.82) is 0 Å². The molecule has 15 rings (SSSR count). The van der Waals surface area contributed by atoms with Gasteiger partial charge in [0, 0.05) is 30.4 Å². The highest BCUT2D eigenvalue weighted by Crippen LogP contribution is 2.63.